The third-order valence-corrected chi connectivity index (χ3v) is 4.32. The summed E-state index contributed by atoms with van der Waals surface area (Å²) in [5.41, 5.74) is 0.198. The van der Waals surface area contributed by atoms with Gasteiger partial charge in [-0.05, 0) is 26.0 Å². The maximum Gasteiger partial charge on any atom is 0.350 e. The van der Waals surface area contributed by atoms with E-state index in [1.807, 2.05) is 18.7 Å². The minimum atomic E-state index is -0.321. The van der Waals surface area contributed by atoms with Gasteiger partial charge in [-0.15, -0.1) is 5.10 Å². The van der Waals surface area contributed by atoms with Crippen LogP contribution in [0.4, 0.5) is 0 Å². The molecule has 26 heavy (non-hydrogen) atoms. The van der Waals surface area contributed by atoms with Gasteiger partial charge in [-0.1, -0.05) is 6.07 Å². The summed E-state index contributed by atoms with van der Waals surface area (Å²) in [6, 6.07) is 5.39. The number of nitrogens with zero attached hydrogens (tertiary/aromatic N) is 5. The molecular weight excluding hydrogens is 336 g/mol. The number of rotatable bonds is 5. The molecule has 2 aromatic rings. The fraction of sp³-hybridized carbons (Fsp3) is 0.529. The van der Waals surface area contributed by atoms with Crippen molar-refractivity contribution in [3.05, 3.63) is 34.9 Å². The number of carbonyl (C=O) groups is 2. The van der Waals surface area contributed by atoms with Crippen LogP contribution in [-0.4, -0.2) is 74.6 Å². The number of hydrogen-bond acceptors (Lipinski definition) is 5. The van der Waals surface area contributed by atoms with E-state index in [9.17, 15) is 14.4 Å². The zero-order valence-corrected chi connectivity index (χ0v) is 15.1. The van der Waals surface area contributed by atoms with Gasteiger partial charge in [-0.3, -0.25) is 18.9 Å². The molecule has 3 heterocycles. The van der Waals surface area contributed by atoms with Gasteiger partial charge >= 0.3 is 5.69 Å². The molecule has 0 radical (unpaired) electrons. The number of aromatic nitrogens is 3. The van der Waals surface area contributed by atoms with Crippen molar-refractivity contribution in [1.29, 1.82) is 0 Å². The normalized spacial score (nSPS) is 15.6. The zero-order chi connectivity index (χ0) is 18.7. The average molecular weight is 360 g/mol. The van der Waals surface area contributed by atoms with Gasteiger partial charge < -0.3 is 10.2 Å². The number of pyridine rings is 1. The topological polar surface area (TPSA) is 91.9 Å². The third-order valence-electron chi connectivity index (χ3n) is 4.32. The first-order valence-electron chi connectivity index (χ1n) is 8.78. The van der Waals surface area contributed by atoms with Crippen LogP contribution < -0.4 is 11.0 Å². The minimum Gasteiger partial charge on any atom is -0.353 e. The molecule has 2 aromatic heterocycles. The molecular formula is C17H24N6O3. The first-order chi connectivity index (χ1) is 12.4. The molecule has 0 saturated carbocycles. The second kappa shape index (κ2) is 7.69. The van der Waals surface area contributed by atoms with E-state index in [0.29, 0.717) is 38.4 Å². The lowest BCUT2D eigenvalue weighted by molar-refractivity contribution is -0.134. The van der Waals surface area contributed by atoms with Gasteiger partial charge in [0.05, 0.1) is 6.54 Å². The zero-order valence-electron chi connectivity index (χ0n) is 15.1. The van der Waals surface area contributed by atoms with Crippen molar-refractivity contribution < 1.29 is 9.59 Å². The Labute approximate surface area is 151 Å². The first-order valence-corrected chi connectivity index (χ1v) is 8.78. The number of amides is 2. The standard InChI is InChI=1S/C17H24N6O3/c1-13(2)18-15(24)11-20-7-9-21(10-8-20)16(25)12-23-17(26)22-6-4-3-5-14(22)19-23/h3-6,13H,7-12H2,1-2H3,(H,18,24). The van der Waals surface area contributed by atoms with Crippen molar-refractivity contribution >= 4 is 17.5 Å². The molecule has 1 saturated heterocycles. The van der Waals surface area contributed by atoms with Crippen molar-refractivity contribution in [2.24, 2.45) is 0 Å². The van der Waals surface area contributed by atoms with Crippen LogP contribution in [0.15, 0.2) is 29.2 Å². The smallest absolute Gasteiger partial charge is 0.350 e. The fourth-order valence-electron chi connectivity index (χ4n) is 3.03. The highest BCUT2D eigenvalue weighted by Gasteiger charge is 2.23. The van der Waals surface area contributed by atoms with Crippen LogP contribution in [0.5, 0.6) is 0 Å². The highest BCUT2D eigenvalue weighted by atomic mass is 16.2. The average Bonchev–Trinajstić information content (AvgIpc) is 2.91. The molecule has 9 nitrogen and oxygen atoms in total. The summed E-state index contributed by atoms with van der Waals surface area (Å²) < 4.78 is 2.61. The highest BCUT2D eigenvalue weighted by molar-refractivity contribution is 5.78. The van der Waals surface area contributed by atoms with E-state index >= 15 is 0 Å². The van der Waals surface area contributed by atoms with Crippen molar-refractivity contribution in [2.75, 3.05) is 32.7 Å². The van der Waals surface area contributed by atoms with Gasteiger partial charge in [0, 0.05) is 38.4 Å². The lowest BCUT2D eigenvalue weighted by atomic mass is 10.3. The summed E-state index contributed by atoms with van der Waals surface area (Å²) in [4.78, 5) is 40.3. The first kappa shape index (κ1) is 18.1. The van der Waals surface area contributed by atoms with Gasteiger partial charge in [0.1, 0.15) is 6.54 Å². The van der Waals surface area contributed by atoms with Gasteiger partial charge in [-0.25, -0.2) is 9.48 Å². The van der Waals surface area contributed by atoms with Crippen LogP contribution in [0.3, 0.4) is 0 Å². The Morgan fingerprint density at radius 1 is 1.15 bits per heavy atom. The van der Waals surface area contributed by atoms with Crippen LogP contribution in [-0.2, 0) is 16.1 Å². The largest absolute Gasteiger partial charge is 0.353 e. The van der Waals surface area contributed by atoms with Gasteiger partial charge in [-0.2, -0.15) is 0 Å². The quantitative estimate of drug-likeness (QED) is 0.751. The molecule has 1 aliphatic rings. The van der Waals surface area contributed by atoms with Crippen LogP contribution >= 0.6 is 0 Å². The molecule has 0 aromatic carbocycles. The van der Waals surface area contributed by atoms with E-state index in [2.05, 4.69) is 10.4 Å². The van der Waals surface area contributed by atoms with E-state index in [1.165, 1.54) is 9.08 Å². The molecule has 0 aliphatic carbocycles. The number of carbonyl (C=O) groups excluding carboxylic acids is 2. The Morgan fingerprint density at radius 3 is 2.54 bits per heavy atom. The Balaban J connectivity index is 1.54. The SMILES string of the molecule is CC(C)NC(=O)CN1CCN(C(=O)Cn2nc3ccccn3c2=O)CC1. The minimum absolute atomic E-state index is 0.00368. The Hall–Kier alpha value is -2.68. The van der Waals surface area contributed by atoms with Gasteiger partial charge in [0.2, 0.25) is 11.8 Å². The molecule has 9 heteroatoms. The summed E-state index contributed by atoms with van der Waals surface area (Å²) in [5.74, 6) is -0.141. The van der Waals surface area contributed by atoms with Crippen LogP contribution in [0.1, 0.15) is 13.8 Å². The predicted molar refractivity (Wildman–Crippen MR) is 95.8 cm³/mol. The summed E-state index contributed by atoms with van der Waals surface area (Å²) in [6.07, 6.45) is 1.63. The molecule has 140 valence electrons. The van der Waals surface area contributed by atoms with Crippen molar-refractivity contribution in [2.45, 2.75) is 26.4 Å². The Bertz CT molecular complexity index is 848. The summed E-state index contributed by atoms with van der Waals surface area (Å²) >= 11 is 0. The molecule has 3 rings (SSSR count). The maximum absolute atomic E-state index is 12.5. The lowest BCUT2D eigenvalue weighted by Gasteiger charge is -2.34. The Morgan fingerprint density at radius 2 is 1.88 bits per heavy atom. The maximum atomic E-state index is 12.5. The number of hydrogen-bond donors (Lipinski definition) is 1. The van der Waals surface area contributed by atoms with Crippen molar-refractivity contribution in [3.63, 3.8) is 0 Å². The molecule has 1 N–H and O–H groups in total. The van der Waals surface area contributed by atoms with E-state index in [-0.39, 0.29) is 30.1 Å². The number of fused-ring (bicyclic) bond motifs is 1. The van der Waals surface area contributed by atoms with Crippen molar-refractivity contribution in [1.82, 2.24) is 29.3 Å². The van der Waals surface area contributed by atoms with Crippen LogP contribution in [0.2, 0.25) is 0 Å². The van der Waals surface area contributed by atoms with Gasteiger partial charge in [0.15, 0.2) is 5.65 Å². The molecule has 0 atom stereocenters. The highest BCUT2D eigenvalue weighted by Crippen LogP contribution is 2.03. The van der Waals surface area contributed by atoms with Gasteiger partial charge in [0.25, 0.3) is 0 Å². The second-order valence-corrected chi connectivity index (χ2v) is 6.75. The van der Waals surface area contributed by atoms with E-state index in [4.69, 9.17) is 0 Å². The third kappa shape index (κ3) is 4.10. The molecule has 1 fully saturated rings. The molecule has 2 amide bonds. The Kier molecular flexibility index (Phi) is 5.36. The van der Waals surface area contributed by atoms with E-state index < -0.39 is 0 Å². The lowest BCUT2D eigenvalue weighted by Crippen LogP contribution is -2.52. The van der Waals surface area contributed by atoms with E-state index in [1.54, 1.807) is 29.3 Å². The predicted octanol–water partition coefficient (Wildman–Crippen LogP) is -0.835. The summed E-state index contributed by atoms with van der Waals surface area (Å²) in [6.45, 7) is 6.46. The van der Waals surface area contributed by atoms with Crippen LogP contribution in [0.25, 0.3) is 5.65 Å². The molecule has 0 bridgehead atoms. The van der Waals surface area contributed by atoms with Crippen molar-refractivity contribution in [3.8, 4) is 0 Å². The molecule has 0 spiro atoms. The number of nitrogens with one attached hydrogen (secondary N) is 1. The molecule has 1 aliphatic heterocycles. The second-order valence-electron chi connectivity index (χ2n) is 6.75. The van der Waals surface area contributed by atoms with Crippen LogP contribution in [0, 0.1) is 0 Å². The number of piperazine rings is 1. The summed E-state index contributed by atoms with van der Waals surface area (Å²) in [7, 11) is 0. The van der Waals surface area contributed by atoms with E-state index in [0.717, 1.165) is 0 Å². The fourth-order valence-corrected chi connectivity index (χ4v) is 3.03. The summed E-state index contributed by atoms with van der Waals surface area (Å²) in [5, 5.41) is 7.05. The monoisotopic (exact) mass is 360 g/mol. The molecule has 0 unspecified atom stereocenters.